The molecule has 5 nitrogen and oxygen atoms in total. The molecule has 0 atom stereocenters. The van der Waals surface area contributed by atoms with Crippen LogP contribution in [0.5, 0.6) is 5.75 Å². The Bertz CT molecular complexity index is 428. The summed E-state index contributed by atoms with van der Waals surface area (Å²) < 4.78 is 10.7. The Kier molecular flexibility index (Phi) is 6.50. The number of benzene rings is 1. The molecule has 5 heteroatoms. The first-order valence-electron chi connectivity index (χ1n) is 7.49. The fraction of sp³-hybridized carbons (Fsp3) is 0.562. The maximum Gasteiger partial charge on any atom is 0.222 e. The highest BCUT2D eigenvalue weighted by Gasteiger charge is 2.15. The van der Waals surface area contributed by atoms with E-state index in [0.717, 1.165) is 43.9 Å². The van der Waals surface area contributed by atoms with Crippen molar-refractivity contribution in [3.8, 4) is 5.75 Å². The van der Waals surface area contributed by atoms with E-state index in [0.29, 0.717) is 19.6 Å². The molecule has 1 aromatic carbocycles. The topological polar surface area (TPSA) is 50.8 Å². The predicted octanol–water partition coefficient (Wildman–Crippen LogP) is 1.42. The van der Waals surface area contributed by atoms with Crippen LogP contribution in [-0.4, -0.2) is 50.7 Å². The van der Waals surface area contributed by atoms with Gasteiger partial charge < -0.3 is 19.7 Å². The van der Waals surface area contributed by atoms with Crippen molar-refractivity contribution in [2.75, 3.05) is 39.9 Å². The summed E-state index contributed by atoms with van der Waals surface area (Å²) >= 11 is 0. The Labute approximate surface area is 126 Å². The van der Waals surface area contributed by atoms with E-state index in [9.17, 15) is 4.79 Å². The lowest BCUT2D eigenvalue weighted by Crippen LogP contribution is -2.46. The minimum absolute atomic E-state index is 0.240. The third-order valence-electron chi connectivity index (χ3n) is 3.58. The molecule has 0 spiro atoms. The van der Waals surface area contributed by atoms with Crippen LogP contribution in [-0.2, 0) is 16.1 Å². The van der Waals surface area contributed by atoms with Gasteiger partial charge in [-0.15, -0.1) is 0 Å². The molecule has 1 fully saturated rings. The quantitative estimate of drug-likeness (QED) is 0.772. The van der Waals surface area contributed by atoms with Crippen molar-refractivity contribution in [2.24, 2.45) is 0 Å². The van der Waals surface area contributed by atoms with Crippen LogP contribution in [0.15, 0.2) is 24.3 Å². The molecule has 1 aliphatic rings. The lowest BCUT2D eigenvalue weighted by atomic mass is 10.2. The van der Waals surface area contributed by atoms with Crippen molar-refractivity contribution in [1.29, 1.82) is 0 Å². The fourth-order valence-corrected chi connectivity index (χ4v) is 2.31. The molecule has 1 amide bonds. The van der Waals surface area contributed by atoms with Crippen molar-refractivity contribution < 1.29 is 14.3 Å². The zero-order chi connectivity index (χ0) is 14.9. The molecule has 1 aliphatic heterocycles. The summed E-state index contributed by atoms with van der Waals surface area (Å²) in [4.78, 5) is 13.9. The van der Waals surface area contributed by atoms with Crippen LogP contribution in [0.1, 0.15) is 18.4 Å². The van der Waals surface area contributed by atoms with E-state index in [1.165, 1.54) is 0 Å². The van der Waals surface area contributed by atoms with Crippen LogP contribution in [0.2, 0.25) is 0 Å². The summed E-state index contributed by atoms with van der Waals surface area (Å²) in [6.45, 7) is 4.65. The molecule has 2 rings (SSSR count). The number of nitrogens with one attached hydrogen (secondary N) is 1. The highest BCUT2D eigenvalue weighted by atomic mass is 16.5. The maximum atomic E-state index is 11.9. The molecular formula is C16H24N2O3. The summed E-state index contributed by atoms with van der Waals surface area (Å²) in [7, 11) is 1.65. The number of carbonyl (C=O) groups is 1. The van der Waals surface area contributed by atoms with Gasteiger partial charge in [-0.3, -0.25) is 4.79 Å². The molecule has 0 aliphatic carbocycles. The van der Waals surface area contributed by atoms with E-state index in [-0.39, 0.29) is 5.91 Å². The van der Waals surface area contributed by atoms with Gasteiger partial charge in [-0.1, -0.05) is 12.1 Å². The first-order valence-corrected chi connectivity index (χ1v) is 7.49. The number of piperazine rings is 1. The number of ether oxygens (including phenoxy) is 2. The van der Waals surface area contributed by atoms with E-state index in [4.69, 9.17) is 9.47 Å². The lowest BCUT2D eigenvalue weighted by Gasteiger charge is -2.27. The lowest BCUT2D eigenvalue weighted by molar-refractivity contribution is -0.132. The third kappa shape index (κ3) is 5.36. The van der Waals surface area contributed by atoms with Gasteiger partial charge in [0.25, 0.3) is 0 Å². The van der Waals surface area contributed by atoms with Crippen LogP contribution < -0.4 is 10.1 Å². The zero-order valence-electron chi connectivity index (χ0n) is 12.6. The van der Waals surface area contributed by atoms with Crippen LogP contribution in [0.3, 0.4) is 0 Å². The van der Waals surface area contributed by atoms with Crippen molar-refractivity contribution >= 4 is 5.91 Å². The molecule has 1 saturated heterocycles. The van der Waals surface area contributed by atoms with Gasteiger partial charge in [-0.2, -0.15) is 0 Å². The Morgan fingerprint density at radius 1 is 1.24 bits per heavy atom. The second-order valence-corrected chi connectivity index (χ2v) is 5.14. The molecule has 116 valence electrons. The van der Waals surface area contributed by atoms with Gasteiger partial charge in [-0.25, -0.2) is 0 Å². The first-order chi connectivity index (χ1) is 10.3. The fourth-order valence-electron chi connectivity index (χ4n) is 2.31. The molecular weight excluding hydrogens is 268 g/mol. The monoisotopic (exact) mass is 292 g/mol. The van der Waals surface area contributed by atoms with Crippen molar-refractivity contribution in [3.63, 3.8) is 0 Å². The standard InChI is InChI=1S/C16H24N2O3/c1-20-15-6-4-14(5-7-15)13-21-12-2-3-16(19)18-10-8-17-9-11-18/h4-7,17H,2-3,8-13H2,1H3. The average Bonchev–Trinajstić information content (AvgIpc) is 2.55. The van der Waals surface area contributed by atoms with Crippen molar-refractivity contribution in [3.05, 3.63) is 29.8 Å². The molecule has 0 aromatic heterocycles. The van der Waals surface area contributed by atoms with Gasteiger partial charge in [0, 0.05) is 39.2 Å². The molecule has 21 heavy (non-hydrogen) atoms. The SMILES string of the molecule is COc1ccc(COCCCC(=O)N2CCNCC2)cc1. The summed E-state index contributed by atoms with van der Waals surface area (Å²) in [6, 6.07) is 7.83. The molecule has 1 heterocycles. The summed E-state index contributed by atoms with van der Waals surface area (Å²) in [5, 5.41) is 3.24. The largest absolute Gasteiger partial charge is 0.497 e. The summed E-state index contributed by atoms with van der Waals surface area (Å²) in [6.07, 6.45) is 1.35. The number of hydrogen-bond donors (Lipinski definition) is 1. The van der Waals surface area contributed by atoms with E-state index in [1.54, 1.807) is 7.11 Å². The number of rotatable bonds is 7. The van der Waals surface area contributed by atoms with Gasteiger partial charge in [0.05, 0.1) is 13.7 Å². The van der Waals surface area contributed by atoms with Crippen molar-refractivity contribution in [2.45, 2.75) is 19.4 Å². The Balaban J connectivity index is 1.57. The van der Waals surface area contributed by atoms with Gasteiger partial charge in [0.1, 0.15) is 5.75 Å². The number of nitrogens with zero attached hydrogens (tertiary/aromatic N) is 1. The summed E-state index contributed by atoms with van der Waals surface area (Å²) in [5.74, 6) is 1.09. The van der Waals surface area contributed by atoms with Crippen LogP contribution in [0, 0.1) is 0 Å². The minimum Gasteiger partial charge on any atom is -0.497 e. The van der Waals surface area contributed by atoms with E-state index >= 15 is 0 Å². The van der Waals surface area contributed by atoms with E-state index < -0.39 is 0 Å². The smallest absolute Gasteiger partial charge is 0.222 e. The molecule has 1 aromatic rings. The van der Waals surface area contributed by atoms with Crippen LogP contribution in [0.25, 0.3) is 0 Å². The maximum absolute atomic E-state index is 11.9. The highest BCUT2D eigenvalue weighted by molar-refractivity contribution is 5.76. The van der Waals surface area contributed by atoms with Gasteiger partial charge in [-0.05, 0) is 24.1 Å². The molecule has 1 N–H and O–H groups in total. The third-order valence-corrected chi connectivity index (χ3v) is 3.58. The number of hydrogen-bond acceptors (Lipinski definition) is 4. The van der Waals surface area contributed by atoms with E-state index in [2.05, 4.69) is 5.32 Å². The zero-order valence-corrected chi connectivity index (χ0v) is 12.6. The highest BCUT2D eigenvalue weighted by Crippen LogP contribution is 2.12. The normalized spacial score (nSPS) is 15.0. The van der Waals surface area contributed by atoms with Gasteiger partial charge >= 0.3 is 0 Å². The summed E-state index contributed by atoms with van der Waals surface area (Å²) in [5.41, 5.74) is 1.12. The van der Waals surface area contributed by atoms with Crippen LogP contribution in [0.4, 0.5) is 0 Å². The molecule has 0 saturated carbocycles. The van der Waals surface area contributed by atoms with E-state index in [1.807, 2.05) is 29.2 Å². The Morgan fingerprint density at radius 2 is 1.95 bits per heavy atom. The Hall–Kier alpha value is -1.59. The first kappa shape index (κ1) is 15.8. The Morgan fingerprint density at radius 3 is 2.62 bits per heavy atom. The van der Waals surface area contributed by atoms with Gasteiger partial charge in [0.2, 0.25) is 5.91 Å². The molecule has 0 unspecified atom stereocenters. The second-order valence-electron chi connectivity index (χ2n) is 5.14. The number of amides is 1. The van der Waals surface area contributed by atoms with Crippen molar-refractivity contribution in [1.82, 2.24) is 10.2 Å². The molecule has 0 radical (unpaired) electrons. The number of carbonyl (C=O) groups excluding carboxylic acids is 1. The average molecular weight is 292 g/mol. The van der Waals surface area contributed by atoms with Crippen LogP contribution >= 0.6 is 0 Å². The minimum atomic E-state index is 0.240. The molecule has 0 bridgehead atoms. The number of methoxy groups -OCH3 is 1. The second kappa shape index (κ2) is 8.64. The predicted molar refractivity (Wildman–Crippen MR) is 81.3 cm³/mol. The van der Waals surface area contributed by atoms with Gasteiger partial charge in [0.15, 0.2) is 0 Å².